The lowest BCUT2D eigenvalue weighted by Gasteiger charge is -2.30. The van der Waals surface area contributed by atoms with Crippen molar-refractivity contribution >= 4 is 80.9 Å². The molecular formula is C18H13ClIN3O2S. The fraction of sp³-hybridized carbons (Fsp3) is 0.111. The van der Waals surface area contributed by atoms with E-state index in [1.165, 1.54) is 11.1 Å². The molecule has 8 heteroatoms. The van der Waals surface area contributed by atoms with Crippen molar-refractivity contribution in [2.24, 2.45) is 10.9 Å². The van der Waals surface area contributed by atoms with Crippen LogP contribution in [-0.4, -0.2) is 23.1 Å². The molecule has 26 heavy (non-hydrogen) atoms. The molecule has 132 valence electrons. The van der Waals surface area contributed by atoms with Gasteiger partial charge in [-0.05, 0) is 89.8 Å². The number of carbonyl (C=O) groups is 2. The molecule has 5 nitrogen and oxygen atoms in total. The Bertz CT molecular complexity index is 931. The van der Waals surface area contributed by atoms with E-state index >= 15 is 0 Å². The number of benzene rings is 2. The topological polar surface area (TPSA) is 61.8 Å². The first-order valence-corrected chi connectivity index (χ1v) is 9.48. The first-order valence-electron chi connectivity index (χ1n) is 7.61. The van der Waals surface area contributed by atoms with E-state index in [-0.39, 0.29) is 5.11 Å². The van der Waals surface area contributed by atoms with Crippen molar-refractivity contribution in [1.29, 1.82) is 0 Å². The summed E-state index contributed by atoms with van der Waals surface area (Å²) in [6, 6.07) is 12.3. The number of amides is 2. The van der Waals surface area contributed by atoms with E-state index in [1.54, 1.807) is 24.3 Å². The van der Waals surface area contributed by atoms with Gasteiger partial charge in [-0.3, -0.25) is 19.5 Å². The summed E-state index contributed by atoms with van der Waals surface area (Å²) in [6.07, 6.45) is 1.35. The molecule has 0 aromatic heterocycles. The molecule has 1 aliphatic rings. The highest BCUT2D eigenvalue weighted by molar-refractivity contribution is 14.1. The lowest BCUT2D eigenvalue weighted by molar-refractivity contribution is -0.130. The Balaban J connectivity index is 1.88. The molecule has 0 unspecified atom stereocenters. The lowest BCUT2D eigenvalue weighted by Crippen LogP contribution is -2.58. The monoisotopic (exact) mass is 497 g/mol. The van der Waals surface area contributed by atoms with Crippen molar-refractivity contribution < 1.29 is 9.59 Å². The van der Waals surface area contributed by atoms with Crippen LogP contribution in [0.5, 0.6) is 0 Å². The predicted molar refractivity (Wildman–Crippen MR) is 115 cm³/mol. The molecule has 1 aliphatic heterocycles. The SMILES string of the molecule is Cc1cc(N=C[C@H]2C(=O)NC(=S)N(c3ccc(Cl)cc3)C2=O)ccc1I. The zero-order chi connectivity index (χ0) is 18.8. The van der Waals surface area contributed by atoms with Gasteiger partial charge in [-0.15, -0.1) is 0 Å². The minimum atomic E-state index is -1.06. The van der Waals surface area contributed by atoms with Crippen LogP contribution >= 0.6 is 46.4 Å². The zero-order valence-electron chi connectivity index (χ0n) is 13.6. The summed E-state index contributed by atoms with van der Waals surface area (Å²) in [6.45, 7) is 1.97. The average Bonchev–Trinajstić information content (AvgIpc) is 2.59. The van der Waals surface area contributed by atoms with Gasteiger partial charge in [-0.1, -0.05) is 11.6 Å². The van der Waals surface area contributed by atoms with Gasteiger partial charge in [-0.2, -0.15) is 0 Å². The maximum atomic E-state index is 12.8. The van der Waals surface area contributed by atoms with E-state index in [9.17, 15) is 9.59 Å². The van der Waals surface area contributed by atoms with Crippen LogP contribution in [0.15, 0.2) is 47.5 Å². The van der Waals surface area contributed by atoms with Gasteiger partial charge in [0, 0.05) is 14.8 Å². The summed E-state index contributed by atoms with van der Waals surface area (Å²) in [4.78, 5) is 30.6. The number of rotatable bonds is 3. The van der Waals surface area contributed by atoms with Crippen LogP contribution in [0, 0.1) is 16.4 Å². The quantitative estimate of drug-likeness (QED) is 0.302. The smallest absolute Gasteiger partial charge is 0.251 e. The lowest BCUT2D eigenvalue weighted by atomic mass is 10.1. The summed E-state index contributed by atoms with van der Waals surface area (Å²) < 4.78 is 1.12. The third-order valence-corrected chi connectivity index (χ3v) is 5.55. The fourth-order valence-electron chi connectivity index (χ4n) is 2.43. The van der Waals surface area contributed by atoms with Crippen molar-refractivity contribution in [2.75, 3.05) is 4.90 Å². The second kappa shape index (κ2) is 7.81. The molecule has 1 atom stereocenters. The molecule has 1 N–H and O–H groups in total. The average molecular weight is 498 g/mol. The van der Waals surface area contributed by atoms with Gasteiger partial charge >= 0.3 is 0 Å². The van der Waals surface area contributed by atoms with Crippen LogP contribution in [0.3, 0.4) is 0 Å². The molecule has 0 spiro atoms. The van der Waals surface area contributed by atoms with Gasteiger partial charge in [0.15, 0.2) is 11.0 Å². The Morgan fingerprint density at radius 2 is 1.92 bits per heavy atom. The second-order valence-electron chi connectivity index (χ2n) is 5.63. The van der Waals surface area contributed by atoms with E-state index < -0.39 is 17.7 Å². The minimum absolute atomic E-state index is 0.0390. The van der Waals surface area contributed by atoms with Crippen molar-refractivity contribution in [2.45, 2.75) is 6.92 Å². The van der Waals surface area contributed by atoms with Crippen LogP contribution < -0.4 is 10.2 Å². The number of halogens is 2. The molecule has 3 rings (SSSR count). The van der Waals surface area contributed by atoms with E-state index in [0.717, 1.165) is 9.13 Å². The number of thiocarbonyl (C=S) groups is 1. The van der Waals surface area contributed by atoms with Crippen LogP contribution in [0.4, 0.5) is 11.4 Å². The third kappa shape index (κ3) is 3.94. The summed E-state index contributed by atoms with van der Waals surface area (Å²) in [5.41, 5.74) is 2.28. The Hall–Kier alpha value is -1.84. The molecule has 0 bridgehead atoms. The maximum absolute atomic E-state index is 12.8. The molecule has 1 fully saturated rings. The summed E-state index contributed by atoms with van der Waals surface area (Å²) in [7, 11) is 0. The van der Waals surface area contributed by atoms with Gasteiger partial charge in [0.05, 0.1) is 11.4 Å². The van der Waals surface area contributed by atoms with Crippen molar-refractivity contribution in [1.82, 2.24) is 5.32 Å². The Kier molecular flexibility index (Phi) is 5.69. The van der Waals surface area contributed by atoms with Gasteiger partial charge in [-0.25, -0.2) is 0 Å². The van der Waals surface area contributed by atoms with Crippen molar-refractivity contribution in [3.8, 4) is 0 Å². The molecule has 0 aliphatic carbocycles. The summed E-state index contributed by atoms with van der Waals surface area (Å²) in [5.74, 6) is -2.00. The van der Waals surface area contributed by atoms with E-state index in [4.69, 9.17) is 23.8 Å². The summed E-state index contributed by atoms with van der Waals surface area (Å²) in [5, 5.41) is 3.13. The molecule has 0 saturated carbocycles. The van der Waals surface area contributed by atoms with Gasteiger partial charge < -0.3 is 5.32 Å². The summed E-state index contributed by atoms with van der Waals surface area (Å²) >= 11 is 13.3. The number of hydrogen-bond donors (Lipinski definition) is 1. The number of carbonyl (C=O) groups excluding carboxylic acids is 2. The largest absolute Gasteiger partial charge is 0.301 e. The van der Waals surface area contributed by atoms with E-state index in [1.807, 2.05) is 25.1 Å². The predicted octanol–water partition coefficient (Wildman–Crippen LogP) is 4.02. The van der Waals surface area contributed by atoms with Crippen molar-refractivity contribution in [3.05, 3.63) is 56.6 Å². The standard InChI is InChI=1S/C18H13ClIN3O2S/c1-10-8-12(4-7-15(10)20)21-9-14-16(24)22-18(26)23(17(14)25)13-5-2-11(19)3-6-13/h2-9,14H,1H3,(H,22,24,26)/t14-/m0/s1. The normalized spacial score (nSPS) is 17.7. The first-order chi connectivity index (χ1) is 12.4. The molecule has 2 aromatic rings. The van der Waals surface area contributed by atoms with E-state index in [0.29, 0.717) is 16.4 Å². The molecule has 1 saturated heterocycles. The zero-order valence-corrected chi connectivity index (χ0v) is 17.3. The minimum Gasteiger partial charge on any atom is -0.301 e. The molecule has 2 aromatic carbocycles. The van der Waals surface area contributed by atoms with Gasteiger partial charge in [0.2, 0.25) is 5.91 Å². The number of anilines is 1. The molecular weight excluding hydrogens is 485 g/mol. The Morgan fingerprint density at radius 1 is 1.23 bits per heavy atom. The highest BCUT2D eigenvalue weighted by atomic mass is 127. The molecule has 1 heterocycles. The van der Waals surface area contributed by atoms with Crippen LogP contribution in [0.1, 0.15) is 5.56 Å². The highest BCUT2D eigenvalue weighted by Crippen LogP contribution is 2.23. The second-order valence-corrected chi connectivity index (χ2v) is 7.62. The van der Waals surface area contributed by atoms with Crippen LogP contribution in [0.25, 0.3) is 0 Å². The van der Waals surface area contributed by atoms with Crippen LogP contribution in [0.2, 0.25) is 5.02 Å². The van der Waals surface area contributed by atoms with Gasteiger partial charge in [0.1, 0.15) is 0 Å². The van der Waals surface area contributed by atoms with Crippen molar-refractivity contribution in [3.63, 3.8) is 0 Å². The number of aliphatic imine (C=N–C) groups is 1. The maximum Gasteiger partial charge on any atom is 0.251 e. The first kappa shape index (κ1) is 18.9. The highest BCUT2D eigenvalue weighted by Gasteiger charge is 2.38. The number of nitrogens with zero attached hydrogens (tertiary/aromatic N) is 2. The Labute approximate surface area is 174 Å². The Morgan fingerprint density at radius 3 is 2.58 bits per heavy atom. The number of aryl methyl sites for hydroxylation is 1. The fourth-order valence-corrected chi connectivity index (χ4v) is 3.18. The van der Waals surface area contributed by atoms with Gasteiger partial charge in [0.25, 0.3) is 5.91 Å². The third-order valence-electron chi connectivity index (χ3n) is 3.80. The number of hydrogen-bond acceptors (Lipinski definition) is 4. The molecule has 2 amide bonds. The molecule has 0 radical (unpaired) electrons. The van der Waals surface area contributed by atoms with Crippen LogP contribution in [-0.2, 0) is 9.59 Å². The van der Waals surface area contributed by atoms with E-state index in [2.05, 4.69) is 32.9 Å². The number of nitrogens with one attached hydrogen (secondary N) is 1.